The first-order valence-corrected chi connectivity index (χ1v) is 5.19. The van der Waals surface area contributed by atoms with E-state index in [2.05, 4.69) is 15.9 Å². The second-order valence-corrected chi connectivity index (χ2v) is 4.22. The summed E-state index contributed by atoms with van der Waals surface area (Å²) in [4.78, 5) is 11.9. The van der Waals surface area contributed by atoms with E-state index in [0.29, 0.717) is 0 Å². The van der Waals surface area contributed by atoms with Crippen LogP contribution in [-0.2, 0) is 0 Å². The maximum Gasteiger partial charge on any atom is 0.277 e. The SMILES string of the molecule is CN(C)/C=C/c1cc(F)c(Br)cc1[N+](=O)[O-]. The van der Waals surface area contributed by atoms with Crippen LogP contribution in [-0.4, -0.2) is 23.9 Å². The van der Waals surface area contributed by atoms with Crippen molar-refractivity contribution < 1.29 is 9.31 Å². The Balaban J connectivity index is 3.25. The highest BCUT2D eigenvalue weighted by Gasteiger charge is 2.15. The van der Waals surface area contributed by atoms with Gasteiger partial charge in [0.1, 0.15) is 5.82 Å². The summed E-state index contributed by atoms with van der Waals surface area (Å²) < 4.78 is 13.3. The van der Waals surface area contributed by atoms with Gasteiger partial charge in [-0.05, 0) is 34.3 Å². The summed E-state index contributed by atoms with van der Waals surface area (Å²) in [6.45, 7) is 0. The molecule has 1 rings (SSSR count). The normalized spacial score (nSPS) is 10.8. The van der Waals surface area contributed by atoms with E-state index < -0.39 is 10.7 Å². The van der Waals surface area contributed by atoms with E-state index in [9.17, 15) is 14.5 Å². The second kappa shape index (κ2) is 5.07. The molecule has 0 radical (unpaired) electrons. The molecule has 0 aliphatic carbocycles. The summed E-state index contributed by atoms with van der Waals surface area (Å²) in [7, 11) is 3.55. The Morgan fingerprint density at radius 2 is 2.12 bits per heavy atom. The fourth-order valence-corrected chi connectivity index (χ4v) is 1.40. The predicted octanol–water partition coefficient (Wildman–Crippen LogP) is 3.03. The molecule has 1 aromatic carbocycles. The highest BCUT2D eigenvalue weighted by molar-refractivity contribution is 9.10. The molecule has 0 unspecified atom stereocenters. The standard InChI is InChI=1S/C10H10BrFN2O2/c1-13(2)4-3-7-5-9(12)8(11)6-10(7)14(15)16/h3-6H,1-2H3/b4-3+. The molecule has 0 atom stereocenters. The van der Waals surface area contributed by atoms with Gasteiger partial charge in [0.05, 0.1) is 15.0 Å². The number of nitrogens with zero attached hydrogens (tertiary/aromatic N) is 2. The van der Waals surface area contributed by atoms with Gasteiger partial charge in [-0.15, -0.1) is 0 Å². The predicted molar refractivity (Wildman–Crippen MR) is 63.5 cm³/mol. The zero-order chi connectivity index (χ0) is 12.3. The van der Waals surface area contributed by atoms with E-state index in [-0.39, 0.29) is 15.7 Å². The number of hydrogen-bond donors (Lipinski definition) is 0. The van der Waals surface area contributed by atoms with Crippen LogP contribution >= 0.6 is 15.9 Å². The minimum atomic E-state index is -0.542. The van der Waals surface area contributed by atoms with Crippen LogP contribution in [0.3, 0.4) is 0 Å². The van der Waals surface area contributed by atoms with Gasteiger partial charge in [-0.2, -0.15) is 0 Å². The minimum absolute atomic E-state index is 0.0844. The van der Waals surface area contributed by atoms with Gasteiger partial charge < -0.3 is 4.90 Å². The van der Waals surface area contributed by atoms with Gasteiger partial charge in [-0.25, -0.2) is 4.39 Å². The number of nitro groups is 1. The monoisotopic (exact) mass is 288 g/mol. The van der Waals surface area contributed by atoms with Crippen molar-refractivity contribution in [2.45, 2.75) is 0 Å². The Morgan fingerprint density at radius 3 is 2.62 bits per heavy atom. The van der Waals surface area contributed by atoms with Gasteiger partial charge in [0.25, 0.3) is 5.69 Å². The minimum Gasteiger partial charge on any atom is -0.383 e. The molecule has 0 spiro atoms. The molecular formula is C10H10BrFN2O2. The summed E-state index contributed by atoms with van der Waals surface area (Å²) in [6, 6.07) is 2.28. The average molecular weight is 289 g/mol. The van der Waals surface area contributed by atoms with E-state index >= 15 is 0 Å². The van der Waals surface area contributed by atoms with E-state index in [1.165, 1.54) is 6.08 Å². The summed E-state index contributed by atoms with van der Waals surface area (Å²) >= 11 is 2.91. The van der Waals surface area contributed by atoms with Crippen molar-refractivity contribution in [1.82, 2.24) is 4.90 Å². The quantitative estimate of drug-likeness (QED) is 0.634. The third kappa shape index (κ3) is 3.03. The highest BCUT2D eigenvalue weighted by atomic mass is 79.9. The number of rotatable bonds is 3. The molecular weight excluding hydrogens is 279 g/mol. The van der Waals surface area contributed by atoms with Crippen molar-refractivity contribution in [3.63, 3.8) is 0 Å². The van der Waals surface area contributed by atoms with Crippen LogP contribution in [0, 0.1) is 15.9 Å². The van der Waals surface area contributed by atoms with E-state index in [4.69, 9.17) is 0 Å². The molecule has 6 heteroatoms. The molecule has 1 aromatic rings. The van der Waals surface area contributed by atoms with Crippen LogP contribution in [0.25, 0.3) is 6.08 Å². The number of nitro benzene ring substituents is 1. The molecule has 0 bridgehead atoms. The average Bonchev–Trinajstić information content (AvgIpc) is 2.18. The Hall–Kier alpha value is -1.43. The Labute approximate surface area is 101 Å². The molecule has 86 valence electrons. The number of halogens is 2. The van der Waals surface area contributed by atoms with Gasteiger partial charge >= 0.3 is 0 Å². The van der Waals surface area contributed by atoms with E-state index in [1.807, 2.05) is 0 Å². The lowest BCUT2D eigenvalue weighted by atomic mass is 10.1. The van der Waals surface area contributed by atoms with Crippen molar-refractivity contribution in [2.75, 3.05) is 14.1 Å². The summed E-state index contributed by atoms with van der Waals surface area (Å²) in [6.07, 6.45) is 3.11. The fraction of sp³-hybridized carbons (Fsp3) is 0.200. The maximum absolute atomic E-state index is 13.2. The Kier molecular flexibility index (Phi) is 4.00. The number of hydrogen-bond acceptors (Lipinski definition) is 3. The van der Waals surface area contributed by atoms with Crippen molar-refractivity contribution in [2.24, 2.45) is 0 Å². The largest absolute Gasteiger partial charge is 0.383 e. The molecule has 4 nitrogen and oxygen atoms in total. The fourth-order valence-electron chi connectivity index (χ4n) is 1.07. The second-order valence-electron chi connectivity index (χ2n) is 3.36. The van der Waals surface area contributed by atoms with Gasteiger partial charge in [0.15, 0.2) is 0 Å². The van der Waals surface area contributed by atoms with Crippen LogP contribution in [0.4, 0.5) is 10.1 Å². The topological polar surface area (TPSA) is 46.4 Å². The Bertz CT molecular complexity index is 447. The van der Waals surface area contributed by atoms with Crippen molar-refractivity contribution in [1.29, 1.82) is 0 Å². The first-order valence-electron chi connectivity index (χ1n) is 4.40. The van der Waals surface area contributed by atoms with Crippen LogP contribution in [0.2, 0.25) is 0 Å². The molecule has 0 N–H and O–H groups in total. The lowest BCUT2D eigenvalue weighted by Crippen LogP contribution is -2.00. The molecule has 0 aliphatic heterocycles. The van der Waals surface area contributed by atoms with E-state index in [0.717, 1.165) is 12.1 Å². The smallest absolute Gasteiger partial charge is 0.277 e. The molecule has 0 fully saturated rings. The lowest BCUT2D eigenvalue weighted by Gasteiger charge is -2.04. The van der Waals surface area contributed by atoms with E-state index in [1.54, 1.807) is 25.2 Å². The lowest BCUT2D eigenvalue weighted by molar-refractivity contribution is -0.385. The molecule has 0 heterocycles. The third-order valence-corrected chi connectivity index (χ3v) is 2.43. The molecule has 0 aliphatic rings. The first-order chi connectivity index (χ1) is 7.41. The van der Waals surface area contributed by atoms with Gasteiger partial charge in [0, 0.05) is 20.2 Å². The van der Waals surface area contributed by atoms with Gasteiger partial charge in [-0.1, -0.05) is 0 Å². The molecule has 0 saturated heterocycles. The van der Waals surface area contributed by atoms with Crippen LogP contribution in [0.5, 0.6) is 0 Å². The third-order valence-electron chi connectivity index (χ3n) is 1.82. The maximum atomic E-state index is 13.2. The van der Waals surface area contributed by atoms with Crippen LogP contribution in [0.15, 0.2) is 22.8 Å². The van der Waals surface area contributed by atoms with Gasteiger partial charge in [-0.3, -0.25) is 10.1 Å². The zero-order valence-electron chi connectivity index (χ0n) is 8.78. The van der Waals surface area contributed by atoms with Crippen molar-refractivity contribution in [3.8, 4) is 0 Å². The molecule has 0 saturated carbocycles. The highest BCUT2D eigenvalue weighted by Crippen LogP contribution is 2.27. The Morgan fingerprint density at radius 1 is 1.50 bits per heavy atom. The molecule has 0 aromatic heterocycles. The van der Waals surface area contributed by atoms with Crippen LogP contribution in [0.1, 0.15) is 5.56 Å². The van der Waals surface area contributed by atoms with Gasteiger partial charge in [0.2, 0.25) is 0 Å². The number of benzene rings is 1. The van der Waals surface area contributed by atoms with Crippen molar-refractivity contribution in [3.05, 3.63) is 44.3 Å². The molecule has 16 heavy (non-hydrogen) atoms. The molecule has 0 amide bonds. The first kappa shape index (κ1) is 12.6. The summed E-state index contributed by atoms with van der Waals surface area (Å²) in [5.41, 5.74) is 0.103. The summed E-state index contributed by atoms with van der Waals surface area (Å²) in [5.74, 6) is -0.524. The summed E-state index contributed by atoms with van der Waals surface area (Å²) in [5, 5.41) is 10.7. The van der Waals surface area contributed by atoms with Crippen LogP contribution < -0.4 is 0 Å². The zero-order valence-corrected chi connectivity index (χ0v) is 10.4. The van der Waals surface area contributed by atoms with Crippen molar-refractivity contribution >= 4 is 27.7 Å².